The van der Waals surface area contributed by atoms with E-state index < -0.39 is 0 Å². The third kappa shape index (κ3) is 3.46. The molecular formula is C14H26N2. The second kappa shape index (κ2) is 5.05. The Labute approximate surface area is 99.6 Å². The molecule has 0 saturated heterocycles. The van der Waals surface area contributed by atoms with E-state index in [9.17, 15) is 0 Å². The SMILES string of the molecule is C(CNCC(C1CC1)C1CC1)NCC1CC1. The molecule has 0 aromatic rings. The second-order valence-electron chi connectivity index (χ2n) is 6.19. The predicted octanol–water partition coefficient (Wildman–Crippen LogP) is 2.01. The predicted molar refractivity (Wildman–Crippen MR) is 67.4 cm³/mol. The van der Waals surface area contributed by atoms with Crippen molar-refractivity contribution < 1.29 is 0 Å². The summed E-state index contributed by atoms with van der Waals surface area (Å²) in [5.41, 5.74) is 0. The highest BCUT2D eigenvalue weighted by molar-refractivity contribution is 4.92. The van der Waals surface area contributed by atoms with Gasteiger partial charge < -0.3 is 10.6 Å². The molecule has 3 rings (SSSR count). The van der Waals surface area contributed by atoms with Crippen LogP contribution in [-0.4, -0.2) is 26.2 Å². The highest BCUT2D eigenvalue weighted by Gasteiger charge is 2.40. The fourth-order valence-corrected chi connectivity index (χ4v) is 2.84. The molecule has 16 heavy (non-hydrogen) atoms. The molecule has 0 radical (unpaired) electrons. The van der Waals surface area contributed by atoms with Crippen LogP contribution in [0.3, 0.4) is 0 Å². The van der Waals surface area contributed by atoms with Crippen molar-refractivity contribution in [1.82, 2.24) is 10.6 Å². The molecule has 3 saturated carbocycles. The van der Waals surface area contributed by atoms with Crippen LogP contribution < -0.4 is 10.6 Å². The van der Waals surface area contributed by atoms with Crippen LogP contribution in [0.15, 0.2) is 0 Å². The molecule has 2 heteroatoms. The Kier molecular flexibility index (Phi) is 3.49. The quantitative estimate of drug-likeness (QED) is 0.583. The lowest BCUT2D eigenvalue weighted by Crippen LogP contribution is -2.32. The lowest BCUT2D eigenvalue weighted by molar-refractivity contribution is 0.378. The summed E-state index contributed by atoms with van der Waals surface area (Å²) < 4.78 is 0. The van der Waals surface area contributed by atoms with Gasteiger partial charge >= 0.3 is 0 Å². The molecule has 0 aromatic heterocycles. The van der Waals surface area contributed by atoms with Crippen LogP contribution in [0.5, 0.6) is 0 Å². The number of nitrogens with one attached hydrogen (secondary N) is 2. The molecule has 0 heterocycles. The molecule has 92 valence electrons. The maximum atomic E-state index is 3.66. The number of hydrogen-bond acceptors (Lipinski definition) is 2. The lowest BCUT2D eigenvalue weighted by atomic mass is 9.98. The fourth-order valence-electron chi connectivity index (χ4n) is 2.84. The van der Waals surface area contributed by atoms with E-state index >= 15 is 0 Å². The minimum Gasteiger partial charge on any atom is -0.315 e. The second-order valence-corrected chi connectivity index (χ2v) is 6.19. The van der Waals surface area contributed by atoms with Crippen molar-refractivity contribution in [2.24, 2.45) is 23.7 Å². The Bertz CT molecular complexity index is 205. The van der Waals surface area contributed by atoms with Crippen molar-refractivity contribution in [3.8, 4) is 0 Å². The highest BCUT2D eigenvalue weighted by Crippen LogP contribution is 2.48. The molecular weight excluding hydrogens is 196 g/mol. The van der Waals surface area contributed by atoms with E-state index in [1.807, 2.05) is 0 Å². The first-order valence-electron chi connectivity index (χ1n) is 7.35. The zero-order valence-corrected chi connectivity index (χ0v) is 10.4. The molecule has 0 amide bonds. The van der Waals surface area contributed by atoms with E-state index in [2.05, 4.69) is 10.6 Å². The van der Waals surface area contributed by atoms with Gasteiger partial charge in [0.05, 0.1) is 0 Å². The van der Waals surface area contributed by atoms with Crippen LogP contribution in [0.2, 0.25) is 0 Å². The van der Waals surface area contributed by atoms with Crippen LogP contribution >= 0.6 is 0 Å². The zero-order chi connectivity index (χ0) is 10.8. The summed E-state index contributed by atoms with van der Waals surface area (Å²) in [5.74, 6) is 4.24. The zero-order valence-electron chi connectivity index (χ0n) is 10.4. The monoisotopic (exact) mass is 222 g/mol. The van der Waals surface area contributed by atoms with Gasteiger partial charge in [0.15, 0.2) is 0 Å². The largest absolute Gasteiger partial charge is 0.315 e. The van der Waals surface area contributed by atoms with Gasteiger partial charge in [-0.1, -0.05) is 0 Å². The number of rotatable bonds is 9. The van der Waals surface area contributed by atoms with E-state index in [0.717, 1.165) is 23.7 Å². The lowest BCUT2D eigenvalue weighted by Gasteiger charge is -2.16. The summed E-state index contributed by atoms with van der Waals surface area (Å²) in [6, 6.07) is 0. The average molecular weight is 222 g/mol. The first kappa shape index (κ1) is 11.0. The average Bonchev–Trinajstić information content (AvgIpc) is 3.15. The fraction of sp³-hybridized carbons (Fsp3) is 1.00. The first-order chi connectivity index (χ1) is 7.93. The van der Waals surface area contributed by atoms with Gasteiger partial charge in [-0.15, -0.1) is 0 Å². The van der Waals surface area contributed by atoms with E-state index in [0.29, 0.717) is 0 Å². The summed E-state index contributed by atoms with van der Waals surface area (Å²) in [6.45, 7) is 4.89. The van der Waals surface area contributed by atoms with Gasteiger partial charge in [-0.3, -0.25) is 0 Å². The minimum atomic E-state index is 1.02. The molecule has 3 aliphatic carbocycles. The smallest absolute Gasteiger partial charge is 0.00768 e. The van der Waals surface area contributed by atoms with Crippen LogP contribution in [0.25, 0.3) is 0 Å². The maximum absolute atomic E-state index is 3.66. The Hall–Kier alpha value is -0.0800. The Morgan fingerprint density at radius 1 is 0.812 bits per heavy atom. The minimum absolute atomic E-state index is 1.02. The Morgan fingerprint density at radius 3 is 2.00 bits per heavy atom. The molecule has 0 spiro atoms. The summed E-state index contributed by atoms with van der Waals surface area (Å²) in [4.78, 5) is 0. The van der Waals surface area contributed by atoms with Crippen molar-refractivity contribution in [3.05, 3.63) is 0 Å². The summed E-state index contributed by atoms with van der Waals surface area (Å²) >= 11 is 0. The third-order valence-corrected chi connectivity index (χ3v) is 4.44. The normalized spacial score (nSPS) is 25.3. The van der Waals surface area contributed by atoms with E-state index in [1.54, 1.807) is 0 Å². The molecule has 2 N–H and O–H groups in total. The van der Waals surface area contributed by atoms with Gasteiger partial charge in [0.25, 0.3) is 0 Å². The van der Waals surface area contributed by atoms with Crippen molar-refractivity contribution in [3.63, 3.8) is 0 Å². The van der Waals surface area contributed by atoms with Gasteiger partial charge in [-0.25, -0.2) is 0 Å². The van der Waals surface area contributed by atoms with E-state index in [-0.39, 0.29) is 0 Å². The third-order valence-electron chi connectivity index (χ3n) is 4.44. The molecule has 0 aliphatic heterocycles. The van der Waals surface area contributed by atoms with E-state index in [1.165, 1.54) is 64.7 Å². The van der Waals surface area contributed by atoms with Crippen molar-refractivity contribution in [2.75, 3.05) is 26.2 Å². The summed E-state index contributed by atoms with van der Waals surface area (Å²) in [5, 5.41) is 7.21. The van der Waals surface area contributed by atoms with Gasteiger partial charge in [-0.05, 0) is 75.3 Å². The summed E-state index contributed by atoms with van der Waals surface area (Å²) in [6.07, 6.45) is 8.99. The van der Waals surface area contributed by atoms with Crippen LogP contribution in [0.1, 0.15) is 38.5 Å². The summed E-state index contributed by atoms with van der Waals surface area (Å²) in [7, 11) is 0. The van der Waals surface area contributed by atoms with Crippen molar-refractivity contribution in [1.29, 1.82) is 0 Å². The topological polar surface area (TPSA) is 24.1 Å². The van der Waals surface area contributed by atoms with Gasteiger partial charge in [0.2, 0.25) is 0 Å². The van der Waals surface area contributed by atoms with Gasteiger partial charge in [0.1, 0.15) is 0 Å². The molecule has 2 nitrogen and oxygen atoms in total. The Morgan fingerprint density at radius 2 is 1.44 bits per heavy atom. The van der Waals surface area contributed by atoms with E-state index in [4.69, 9.17) is 0 Å². The molecule has 0 aromatic carbocycles. The van der Waals surface area contributed by atoms with Gasteiger partial charge in [0, 0.05) is 13.1 Å². The molecule has 0 unspecified atom stereocenters. The highest BCUT2D eigenvalue weighted by atomic mass is 14.9. The van der Waals surface area contributed by atoms with Crippen LogP contribution in [-0.2, 0) is 0 Å². The van der Waals surface area contributed by atoms with Crippen molar-refractivity contribution >= 4 is 0 Å². The van der Waals surface area contributed by atoms with Gasteiger partial charge in [-0.2, -0.15) is 0 Å². The first-order valence-corrected chi connectivity index (χ1v) is 7.35. The Balaban J connectivity index is 1.21. The molecule has 0 atom stereocenters. The van der Waals surface area contributed by atoms with Crippen molar-refractivity contribution in [2.45, 2.75) is 38.5 Å². The standard InChI is InChI=1S/C14H26N2/c1-2-11(1)9-15-7-8-16-10-14(12-3-4-12)13-5-6-13/h11-16H,1-10H2. The number of hydrogen-bond donors (Lipinski definition) is 2. The maximum Gasteiger partial charge on any atom is 0.00768 e. The van der Waals surface area contributed by atoms with Crippen LogP contribution in [0.4, 0.5) is 0 Å². The molecule has 0 bridgehead atoms. The molecule has 3 aliphatic rings. The molecule has 3 fully saturated rings. The van der Waals surface area contributed by atoms with Crippen LogP contribution in [0, 0.1) is 23.7 Å².